The van der Waals surface area contributed by atoms with Crippen LogP contribution in [-0.2, 0) is 4.74 Å². The molecular formula is C8H15NO. The van der Waals surface area contributed by atoms with Gasteiger partial charge >= 0.3 is 0 Å². The maximum atomic E-state index is 5.66. The Bertz CT molecular complexity index is 104. The van der Waals surface area contributed by atoms with Crippen LogP contribution in [0.15, 0.2) is 0 Å². The minimum Gasteiger partial charge on any atom is -0.377 e. The summed E-state index contributed by atoms with van der Waals surface area (Å²) >= 11 is 0. The lowest BCUT2D eigenvalue weighted by Crippen LogP contribution is -2.27. The molecular weight excluding hydrogens is 126 g/mol. The summed E-state index contributed by atoms with van der Waals surface area (Å²) in [6.45, 7) is 3.20. The van der Waals surface area contributed by atoms with E-state index in [9.17, 15) is 0 Å². The summed E-state index contributed by atoms with van der Waals surface area (Å²) in [5, 5.41) is 3.39. The van der Waals surface area contributed by atoms with Crippen LogP contribution < -0.4 is 5.32 Å². The second-order valence-corrected chi connectivity index (χ2v) is 3.30. The number of nitrogens with one attached hydrogen (secondary N) is 1. The zero-order chi connectivity index (χ0) is 6.81. The van der Waals surface area contributed by atoms with Gasteiger partial charge in [0, 0.05) is 13.2 Å². The van der Waals surface area contributed by atoms with Gasteiger partial charge in [-0.15, -0.1) is 0 Å². The molecule has 1 heterocycles. The first-order valence-electron chi connectivity index (χ1n) is 4.29. The van der Waals surface area contributed by atoms with Crippen molar-refractivity contribution in [2.75, 3.05) is 19.7 Å². The Kier molecular flexibility index (Phi) is 1.91. The van der Waals surface area contributed by atoms with Gasteiger partial charge in [0.2, 0.25) is 0 Å². The molecule has 1 aliphatic carbocycles. The SMILES string of the molecule is C1CNCC(C2CC2)OC1. The van der Waals surface area contributed by atoms with E-state index in [1.807, 2.05) is 0 Å². The molecule has 1 saturated heterocycles. The predicted octanol–water partition coefficient (Wildman–Crippen LogP) is 0.775. The first-order valence-corrected chi connectivity index (χ1v) is 4.29. The van der Waals surface area contributed by atoms with Gasteiger partial charge in [-0.3, -0.25) is 0 Å². The van der Waals surface area contributed by atoms with Gasteiger partial charge in [-0.1, -0.05) is 0 Å². The highest BCUT2D eigenvalue weighted by atomic mass is 16.5. The molecule has 0 aromatic heterocycles. The highest BCUT2D eigenvalue weighted by molar-refractivity contribution is 4.84. The van der Waals surface area contributed by atoms with E-state index >= 15 is 0 Å². The third-order valence-corrected chi connectivity index (χ3v) is 2.32. The third-order valence-electron chi connectivity index (χ3n) is 2.32. The Morgan fingerprint density at radius 3 is 3.00 bits per heavy atom. The molecule has 0 aromatic carbocycles. The molecule has 1 N–H and O–H groups in total. The molecule has 0 spiro atoms. The van der Waals surface area contributed by atoms with Crippen LogP contribution in [0.3, 0.4) is 0 Å². The van der Waals surface area contributed by atoms with E-state index in [-0.39, 0.29) is 0 Å². The summed E-state index contributed by atoms with van der Waals surface area (Å²) in [5.74, 6) is 0.894. The topological polar surface area (TPSA) is 21.3 Å². The summed E-state index contributed by atoms with van der Waals surface area (Å²) in [5.41, 5.74) is 0. The van der Waals surface area contributed by atoms with Crippen LogP contribution in [0.1, 0.15) is 19.3 Å². The molecule has 1 unspecified atom stereocenters. The van der Waals surface area contributed by atoms with Crippen LogP contribution in [0.25, 0.3) is 0 Å². The lowest BCUT2D eigenvalue weighted by atomic mass is 10.2. The van der Waals surface area contributed by atoms with Crippen LogP contribution in [-0.4, -0.2) is 25.8 Å². The van der Waals surface area contributed by atoms with Crippen molar-refractivity contribution in [3.8, 4) is 0 Å². The Balaban J connectivity index is 1.81. The Morgan fingerprint density at radius 2 is 2.20 bits per heavy atom. The van der Waals surface area contributed by atoms with Crippen molar-refractivity contribution < 1.29 is 4.74 Å². The molecule has 1 aliphatic heterocycles. The average Bonchev–Trinajstić information content (AvgIpc) is 2.76. The van der Waals surface area contributed by atoms with Crippen molar-refractivity contribution in [1.82, 2.24) is 5.32 Å². The number of hydrogen-bond donors (Lipinski definition) is 1. The number of hydrogen-bond acceptors (Lipinski definition) is 2. The fourth-order valence-corrected chi connectivity index (χ4v) is 1.51. The van der Waals surface area contributed by atoms with E-state index in [2.05, 4.69) is 5.32 Å². The van der Waals surface area contributed by atoms with Crippen LogP contribution in [0.2, 0.25) is 0 Å². The minimum atomic E-state index is 0.544. The van der Waals surface area contributed by atoms with Gasteiger partial charge in [0.05, 0.1) is 6.10 Å². The summed E-state index contributed by atoms with van der Waals surface area (Å²) in [7, 11) is 0. The predicted molar refractivity (Wildman–Crippen MR) is 40.0 cm³/mol. The van der Waals surface area contributed by atoms with Crippen molar-refractivity contribution in [1.29, 1.82) is 0 Å². The molecule has 1 atom stereocenters. The zero-order valence-corrected chi connectivity index (χ0v) is 6.31. The van der Waals surface area contributed by atoms with E-state index in [0.29, 0.717) is 6.10 Å². The molecule has 1 saturated carbocycles. The van der Waals surface area contributed by atoms with E-state index in [1.165, 1.54) is 19.3 Å². The van der Waals surface area contributed by atoms with Crippen LogP contribution >= 0.6 is 0 Å². The summed E-state index contributed by atoms with van der Waals surface area (Å²) < 4.78 is 5.66. The van der Waals surface area contributed by atoms with Crippen LogP contribution in [0.5, 0.6) is 0 Å². The number of rotatable bonds is 1. The molecule has 0 radical (unpaired) electrons. The van der Waals surface area contributed by atoms with E-state index < -0.39 is 0 Å². The standard InChI is InChI=1S/C8H15NO/c1-4-9-6-8(10-5-1)7-2-3-7/h7-9H,1-6H2. The normalized spacial score (nSPS) is 35.4. The third kappa shape index (κ3) is 1.50. The van der Waals surface area contributed by atoms with Crippen molar-refractivity contribution >= 4 is 0 Å². The van der Waals surface area contributed by atoms with E-state index in [4.69, 9.17) is 4.74 Å². The largest absolute Gasteiger partial charge is 0.377 e. The number of ether oxygens (including phenoxy) is 1. The quantitative estimate of drug-likeness (QED) is 0.582. The molecule has 0 amide bonds. The smallest absolute Gasteiger partial charge is 0.0727 e. The monoisotopic (exact) mass is 141 g/mol. The maximum absolute atomic E-state index is 5.66. The molecule has 58 valence electrons. The first kappa shape index (κ1) is 6.62. The molecule has 2 fully saturated rings. The molecule has 2 rings (SSSR count). The molecule has 2 heteroatoms. The molecule has 10 heavy (non-hydrogen) atoms. The van der Waals surface area contributed by atoms with Gasteiger partial charge < -0.3 is 10.1 Å². The maximum Gasteiger partial charge on any atom is 0.0727 e. The fraction of sp³-hybridized carbons (Fsp3) is 1.00. The summed E-state index contributed by atoms with van der Waals surface area (Å²) in [6, 6.07) is 0. The van der Waals surface area contributed by atoms with Crippen LogP contribution in [0.4, 0.5) is 0 Å². The van der Waals surface area contributed by atoms with Crippen molar-refractivity contribution in [3.63, 3.8) is 0 Å². The first-order chi connectivity index (χ1) is 4.97. The van der Waals surface area contributed by atoms with Crippen LogP contribution in [0, 0.1) is 5.92 Å². The van der Waals surface area contributed by atoms with Gasteiger partial charge in [0.1, 0.15) is 0 Å². The van der Waals surface area contributed by atoms with Gasteiger partial charge in [0.25, 0.3) is 0 Å². The second-order valence-electron chi connectivity index (χ2n) is 3.30. The average molecular weight is 141 g/mol. The van der Waals surface area contributed by atoms with Gasteiger partial charge in [0.15, 0.2) is 0 Å². The summed E-state index contributed by atoms with van der Waals surface area (Å²) in [6.07, 6.45) is 4.52. The second kappa shape index (κ2) is 2.89. The van der Waals surface area contributed by atoms with Crippen molar-refractivity contribution in [2.24, 2.45) is 5.92 Å². The van der Waals surface area contributed by atoms with Gasteiger partial charge in [-0.05, 0) is 31.7 Å². The van der Waals surface area contributed by atoms with Crippen molar-refractivity contribution in [3.05, 3.63) is 0 Å². The Hall–Kier alpha value is -0.0800. The molecule has 2 nitrogen and oxygen atoms in total. The highest BCUT2D eigenvalue weighted by Crippen LogP contribution is 2.34. The minimum absolute atomic E-state index is 0.544. The fourth-order valence-electron chi connectivity index (χ4n) is 1.51. The lowest BCUT2D eigenvalue weighted by molar-refractivity contribution is 0.0519. The summed E-state index contributed by atoms with van der Waals surface area (Å²) in [4.78, 5) is 0. The van der Waals surface area contributed by atoms with Crippen molar-refractivity contribution in [2.45, 2.75) is 25.4 Å². The van der Waals surface area contributed by atoms with E-state index in [0.717, 1.165) is 25.6 Å². The Labute approximate surface area is 61.9 Å². The van der Waals surface area contributed by atoms with E-state index in [1.54, 1.807) is 0 Å². The highest BCUT2D eigenvalue weighted by Gasteiger charge is 2.32. The molecule has 2 aliphatic rings. The Morgan fingerprint density at radius 1 is 1.30 bits per heavy atom. The zero-order valence-electron chi connectivity index (χ0n) is 6.31. The van der Waals surface area contributed by atoms with Gasteiger partial charge in [-0.2, -0.15) is 0 Å². The lowest BCUT2D eigenvalue weighted by Gasteiger charge is -2.12. The molecule has 0 aromatic rings. The molecule has 0 bridgehead atoms. The van der Waals surface area contributed by atoms with Gasteiger partial charge in [-0.25, -0.2) is 0 Å².